The van der Waals surface area contributed by atoms with Gasteiger partial charge in [-0.25, -0.2) is 23.0 Å². The summed E-state index contributed by atoms with van der Waals surface area (Å²) in [7, 11) is -2.22. The van der Waals surface area contributed by atoms with E-state index in [1.807, 2.05) is 13.0 Å². The molecular formula is C24H27F2N5O3S. The van der Waals surface area contributed by atoms with Gasteiger partial charge in [0, 0.05) is 29.5 Å². The number of alkyl halides is 1. The predicted molar refractivity (Wildman–Crippen MR) is 132 cm³/mol. The maximum absolute atomic E-state index is 14.0. The van der Waals surface area contributed by atoms with Gasteiger partial charge in [0.25, 0.3) is 5.91 Å². The summed E-state index contributed by atoms with van der Waals surface area (Å²) in [5, 5.41) is 6.27. The third kappa shape index (κ3) is 5.84. The molecule has 2 aromatic carbocycles. The number of rotatable bonds is 8. The van der Waals surface area contributed by atoms with E-state index in [4.69, 9.17) is 4.74 Å². The van der Waals surface area contributed by atoms with Crippen molar-refractivity contribution in [1.82, 2.24) is 15.3 Å². The van der Waals surface area contributed by atoms with Crippen molar-refractivity contribution >= 4 is 43.7 Å². The number of hydrogen-bond acceptors (Lipinski definition) is 7. The van der Waals surface area contributed by atoms with E-state index >= 15 is 0 Å². The first kappa shape index (κ1) is 24.8. The Labute approximate surface area is 202 Å². The minimum absolute atomic E-state index is 0.0991. The second-order valence-electron chi connectivity index (χ2n) is 8.36. The van der Waals surface area contributed by atoms with Crippen molar-refractivity contribution in [3.63, 3.8) is 0 Å². The number of anilines is 2. The lowest BCUT2D eigenvalue weighted by molar-refractivity contribution is -0.127. The molecule has 3 aromatic rings. The molecular weight excluding hydrogens is 476 g/mol. The van der Waals surface area contributed by atoms with Crippen LogP contribution in [0.1, 0.15) is 25.3 Å². The number of fused-ring (bicyclic) bond motifs is 1. The van der Waals surface area contributed by atoms with Gasteiger partial charge >= 0.3 is 0 Å². The van der Waals surface area contributed by atoms with Gasteiger partial charge in [0.1, 0.15) is 30.4 Å². The number of nitrogens with zero attached hydrogens (tertiary/aromatic N) is 3. The van der Waals surface area contributed by atoms with E-state index in [9.17, 15) is 17.8 Å². The molecule has 0 aliphatic carbocycles. The van der Waals surface area contributed by atoms with Crippen LogP contribution in [-0.4, -0.2) is 50.9 Å². The number of halogens is 2. The normalized spacial score (nSPS) is 15.5. The standard InChI is InChI=1S/C24H27F2N5O3S/c1-15-11-18(31-35(33)9-3-4-10-35)13-20-22(15)23(29-14-28-20)30-19-6-5-17(26)12-21(19)34-16(2)24(32)27-8-7-25/h5-6,11-14,16H,3-4,7-10H2,1-2H3,(H,27,32)(H,28,29,30)/t16-/m1/s1. The summed E-state index contributed by atoms with van der Waals surface area (Å²) in [6.45, 7) is 2.55. The molecule has 0 unspecified atom stereocenters. The Morgan fingerprint density at radius 3 is 2.74 bits per heavy atom. The van der Waals surface area contributed by atoms with Crippen LogP contribution in [0.2, 0.25) is 0 Å². The van der Waals surface area contributed by atoms with Crippen molar-refractivity contribution in [3.05, 3.63) is 48.0 Å². The van der Waals surface area contributed by atoms with Gasteiger partial charge in [0.05, 0.1) is 26.6 Å². The first-order valence-corrected chi connectivity index (χ1v) is 13.2. The van der Waals surface area contributed by atoms with Crippen molar-refractivity contribution in [2.45, 2.75) is 32.8 Å². The third-order valence-corrected chi connectivity index (χ3v) is 8.03. The molecule has 1 fully saturated rings. The zero-order valence-electron chi connectivity index (χ0n) is 19.5. The van der Waals surface area contributed by atoms with Gasteiger partial charge in [0.2, 0.25) is 0 Å². The first-order valence-electron chi connectivity index (χ1n) is 11.3. The molecule has 1 saturated heterocycles. The van der Waals surface area contributed by atoms with Gasteiger partial charge in [-0.3, -0.25) is 4.79 Å². The maximum atomic E-state index is 14.0. The van der Waals surface area contributed by atoms with E-state index in [1.165, 1.54) is 25.4 Å². The molecule has 0 saturated carbocycles. The van der Waals surface area contributed by atoms with Gasteiger partial charge in [-0.15, -0.1) is 0 Å². The fourth-order valence-corrected chi connectivity index (χ4v) is 6.13. The summed E-state index contributed by atoms with van der Waals surface area (Å²) in [4.78, 5) is 20.8. The fraction of sp³-hybridized carbons (Fsp3) is 0.375. The second-order valence-corrected chi connectivity index (χ2v) is 10.9. The summed E-state index contributed by atoms with van der Waals surface area (Å²) >= 11 is 0. The lowest BCUT2D eigenvalue weighted by Gasteiger charge is -2.18. The topological polar surface area (TPSA) is 106 Å². The number of ether oxygens (including phenoxy) is 1. The SMILES string of the molecule is Cc1cc(N=S2(=O)CCCC2)cc2ncnc(Nc3ccc(F)cc3O[C@H](C)C(=O)NCCF)c12. The van der Waals surface area contributed by atoms with E-state index in [1.54, 1.807) is 6.07 Å². The molecule has 1 aliphatic rings. The molecule has 0 radical (unpaired) electrons. The van der Waals surface area contributed by atoms with Gasteiger partial charge < -0.3 is 15.4 Å². The Morgan fingerprint density at radius 2 is 2.00 bits per heavy atom. The van der Waals surface area contributed by atoms with E-state index in [-0.39, 0.29) is 12.3 Å². The van der Waals surface area contributed by atoms with Gasteiger partial charge in [-0.1, -0.05) is 0 Å². The molecule has 1 aliphatic heterocycles. The van der Waals surface area contributed by atoms with Gasteiger partial charge in [-0.2, -0.15) is 4.36 Å². The number of aryl methyl sites for hydroxylation is 1. The van der Waals surface area contributed by atoms with Crippen LogP contribution in [0.15, 0.2) is 41.0 Å². The Balaban J connectivity index is 1.66. The first-order chi connectivity index (χ1) is 16.8. The van der Waals surface area contributed by atoms with Crippen LogP contribution in [0, 0.1) is 12.7 Å². The number of benzene rings is 2. The highest BCUT2D eigenvalue weighted by Crippen LogP contribution is 2.34. The number of aromatic nitrogens is 2. The molecule has 11 heteroatoms. The minimum Gasteiger partial charge on any atom is -0.479 e. The number of amides is 1. The molecule has 2 N–H and O–H groups in total. The minimum atomic E-state index is -2.22. The van der Waals surface area contributed by atoms with Crippen LogP contribution in [0.4, 0.5) is 26.0 Å². The van der Waals surface area contributed by atoms with Crippen molar-refractivity contribution in [2.24, 2.45) is 4.36 Å². The van der Waals surface area contributed by atoms with Crippen molar-refractivity contribution in [1.29, 1.82) is 0 Å². The molecule has 186 valence electrons. The van der Waals surface area contributed by atoms with Crippen LogP contribution in [0.25, 0.3) is 10.9 Å². The molecule has 1 atom stereocenters. The highest BCUT2D eigenvalue weighted by atomic mass is 32.2. The van der Waals surface area contributed by atoms with E-state index in [2.05, 4.69) is 25.0 Å². The molecule has 2 heterocycles. The maximum Gasteiger partial charge on any atom is 0.260 e. The van der Waals surface area contributed by atoms with Crippen LogP contribution >= 0.6 is 0 Å². The number of carbonyl (C=O) groups is 1. The summed E-state index contributed by atoms with van der Waals surface area (Å²) in [6, 6.07) is 7.52. The third-order valence-electron chi connectivity index (χ3n) is 5.63. The van der Waals surface area contributed by atoms with Crippen molar-refractivity contribution < 1.29 is 22.5 Å². The summed E-state index contributed by atoms with van der Waals surface area (Å²) < 4.78 is 49.4. The second kappa shape index (κ2) is 10.5. The zero-order chi connectivity index (χ0) is 25.0. The van der Waals surface area contributed by atoms with Crippen LogP contribution < -0.4 is 15.4 Å². The monoisotopic (exact) mass is 503 g/mol. The Morgan fingerprint density at radius 1 is 1.23 bits per heavy atom. The Hall–Kier alpha value is -3.34. The van der Waals surface area contributed by atoms with Crippen molar-refractivity contribution in [3.8, 4) is 5.75 Å². The van der Waals surface area contributed by atoms with Crippen LogP contribution in [0.5, 0.6) is 5.75 Å². The highest BCUT2D eigenvalue weighted by Gasteiger charge is 2.19. The lowest BCUT2D eigenvalue weighted by atomic mass is 10.1. The summed E-state index contributed by atoms with van der Waals surface area (Å²) in [5.74, 6) is 0.712. The van der Waals surface area contributed by atoms with Crippen LogP contribution in [-0.2, 0) is 14.5 Å². The number of nitrogens with one attached hydrogen (secondary N) is 2. The van der Waals surface area contributed by atoms with E-state index in [0.717, 1.165) is 29.9 Å². The highest BCUT2D eigenvalue weighted by molar-refractivity contribution is 7.93. The number of carbonyl (C=O) groups excluding carboxylic acids is 1. The molecule has 8 nitrogen and oxygen atoms in total. The molecule has 1 amide bonds. The molecule has 1 aromatic heterocycles. The zero-order valence-corrected chi connectivity index (χ0v) is 20.3. The van der Waals surface area contributed by atoms with E-state index in [0.29, 0.717) is 34.2 Å². The predicted octanol–water partition coefficient (Wildman–Crippen LogP) is 4.57. The molecule has 4 rings (SSSR count). The quantitative estimate of drug-likeness (QED) is 0.467. The summed E-state index contributed by atoms with van der Waals surface area (Å²) in [6.07, 6.45) is 2.25. The molecule has 0 bridgehead atoms. The van der Waals surface area contributed by atoms with Crippen molar-refractivity contribution in [2.75, 3.05) is 30.0 Å². The Kier molecular flexibility index (Phi) is 7.44. The average molecular weight is 504 g/mol. The smallest absolute Gasteiger partial charge is 0.260 e. The average Bonchev–Trinajstić information content (AvgIpc) is 3.24. The molecule has 0 spiro atoms. The Bertz CT molecular complexity index is 1360. The van der Waals surface area contributed by atoms with Crippen LogP contribution in [0.3, 0.4) is 0 Å². The number of hydrogen-bond donors (Lipinski definition) is 2. The summed E-state index contributed by atoms with van der Waals surface area (Å²) in [5.41, 5.74) is 2.45. The molecule has 35 heavy (non-hydrogen) atoms. The largest absolute Gasteiger partial charge is 0.479 e. The van der Waals surface area contributed by atoms with Gasteiger partial charge in [0.15, 0.2) is 6.10 Å². The van der Waals surface area contributed by atoms with Gasteiger partial charge in [-0.05, 0) is 56.5 Å². The fourth-order valence-electron chi connectivity index (χ4n) is 3.94. The lowest BCUT2D eigenvalue weighted by Crippen LogP contribution is -2.37. The van der Waals surface area contributed by atoms with E-state index < -0.39 is 34.2 Å².